The molecule has 0 fully saturated rings. The van der Waals surface area contributed by atoms with Crippen LogP contribution in [0, 0.1) is 0 Å². The van der Waals surface area contributed by atoms with Gasteiger partial charge >= 0.3 is 0 Å². The smallest absolute Gasteiger partial charge is 0.243 e. The van der Waals surface area contributed by atoms with Crippen LogP contribution in [0.25, 0.3) is 0 Å². The molecule has 10 heteroatoms. The number of hydrogen-bond donors (Lipinski definition) is 5. The molecular formula is C26H32N6O3S. The third-order valence-electron chi connectivity index (χ3n) is 5.54. The van der Waals surface area contributed by atoms with E-state index in [1.54, 1.807) is 6.20 Å². The van der Waals surface area contributed by atoms with Crippen molar-refractivity contribution in [3.05, 3.63) is 90.0 Å². The predicted octanol–water partition coefficient (Wildman–Crippen LogP) is 0.953. The normalized spacial score (nSPS) is 13.4. The molecule has 1 aromatic heterocycles. The van der Waals surface area contributed by atoms with Gasteiger partial charge in [-0.25, -0.2) is 4.98 Å². The Bertz CT molecular complexity index is 1100. The molecule has 3 rings (SSSR count). The lowest BCUT2D eigenvalue weighted by Gasteiger charge is -2.24. The molecule has 0 bridgehead atoms. The molecule has 0 aliphatic carbocycles. The standard InChI is InChI=1S/C26H32N6O3S/c27-11-12-36-23(14-19-9-5-2-6-10-19)26(35)32-22(13-18-7-3-1-4-8-18)25(34)31-21(24(28)33)15-20-16-29-17-30-20/h1-10,16-17,21-23H,11-15,27H2,(H2,28,33)(H,29,30)(H,31,34)(H,32,35). The van der Waals surface area contributed by atoms with E-state index in [2.05, 4.69) is 20.6 Å². The van der Waals surface area contributed by atoms with Gasteiger partial charge in [0.2, 0.25) is 17.7 Å². The Morgan fingerprint density at radius 2 is 1.47 bits per heavy atom. The van der Waals surface area contributed by atoms with Crippen LogP contribution in [0.3, 0.4) is 0 Å². The maximum absolute atomic E-state index is 13.4. The number of nitrogens with two attached hydrogens (primary N) is 2. The monoisotopic (exact) mass is 508 g/mol. The molecule has 0 saturated carbocycles. The molecule has 190 valence electrons. The summed E-state index contributed by atoms with van der Waals surface area (Å²) in [5.41, 5.74) is 13.7. The van der Waals surface area contributed by atoms with Crippen LogP contribution in [0.15, 0.2) is 73.2 Å². The van der Waals surface area contributed by atoms with Crippen LogP contribution in [-0.4, -0.2) is 57.3 Å². The van der Waals surface area contributed by atoms with E-state index in [9.17, 15) is 14.4 Å². The Kier molecular flexibility index (Phi) is 10.5. The molecular weight excluding hydrogens is 476 g/mol. The number of nitrogens with zero attached hydrogens (tertiary/aromatic N) is 1. The number of thioether (sulfide) groups is 1. The van der Waals surface area contributed by atoms with Gasteiger partial charge < -0.3 is 27.1 Å². The minimum absolute atomic E-state index is 0.138. The first kappa shape index (κ1) is 27.0. The average Bonchev–Trinajstić information content (AvgIpc) is 3.40. The zero-order valence-corrected chi connectivity index (χ0v) is 20.7. The number of carbonyl (C=O) groups excluding carboxylic acids is 3. The number of rotatable bonds is 14. The zero-order chi connectivity index (χ0) is 25.8. The number of benzene rings is 2. The number of imidazole rings is 1. The molecule has 1 heterocycles. The van der Waals surface area contributed by atoms with Gasteiger partial charge in [-0.05, 0) is 17.5 Å². The van der Waals surface area contributed by atoms with Crippen LogP contribution in [0.2, 0.25) is 0 Å². The van der Waals surface area contributed by atoms with Gasteiger partial charge in [-0.1, -0.05) is 60.7 Å². The summed E-state index contributed by atoms with van der Waals surface area (Å²) in [6.07, 6.45) is 4.01. The van der Waals surface area contributed by atoms with Crippen LogP contribution in [0.5, 0.6) is 0 Å². The van der Waals surface area contributed by atoms with Crippen molar-refractivity contribution in [2.45, 2.75) is 36.6 Å². The van der Waals surface area contributed by atoms with Gasteiger partial charge in [0.15, 0.2) is 0 Å². The molecule has 3 unspecified atom stereocenters. The van der Waals surface area contributed by atoms with E-state index >= 15 is 0 Å². The lowest BCUT2D eigenvalue weighted by Crippen LogP contribution is -2.55. The highest BCUT2D eigenvalue weighted by Gasteiger charge is 2.29. The number of amides is 3. The van der Waals surface area contributed by atoms with Crippen LogP contribution >= 0.6 is 11.8 Å². The number of aromatic amines is 1. The first-order valence-corrected chi connectivity index (χ1v) is 12.8. The summed E-state index contributed by atoms with van der Waals surface area (Å²) in [6.45, 7) is 0.435. The van der Waals surface area contributed by atoms with Gasteiger partial charge in [0.1, 0.15) is 12.1 Å². The molecule has 7 N–H and O–H groups in total. The number of hydrogen-bond acceptors (Lipinski definition) is 6. The maximum Gasteiger partial charge on any atom is 0.243 e. The number of primary amides is 1. The summed E-state index contributed by atoms with van der Waals surface area (Å²) in [4.78, 5) is 45.7. The van der Waals surface area contributed by atoms with E-state index in [-0.39, 0.29) is 18.7 Å². The van der Waals surface area contributed by atoms with E-state index in [0.717, 1.165) is 11.1 Å². The first-order valence-electron chi connectivity index (χ1n) is 11.7. The average molecular weight is 509 g/mol. The van der Waals surface area contributed by atoms with Gasteiger partial charge in [0.05, 0.1) is 17.3 Å². The van der Waals surface area contributed by atoms with Crippen molar-refractivity contribution >= 4 is 29.5 Å². The van der Waals surface area contributed by atoms with Crippen LogP contribution in [-0.2, 0) is 33.6 Å². The minimum Gasteiger partial charge on any atom is -0.368 e. The highest BCUT2D eigenvalue weighted by molar-refractivity contribution is 8.00. The Labute approximate surface area is 214 Å². The summed E-state index contributed by atoms with van der Waals surface area (Å²) in [7, 11) is 0. The van der Waals surface area contributed by atoms with Crippen LogP contribution in [0.4, 0.5) is 0 Å². The van der Waals surface area contributed by atoms with Crippen molar-refractivity contribution in [2.75, 3.05) is 12.3 Å². The number of carbonyl (C=O) groups is 3. The van der Waals surface area contributed by atoms with Crippen LogP contribution in [0.1, 0.15) is 16.8 Å². The lowest BCUT2D eigenvalue weighted by atomic mass is 10.0. The van der Waals surface area contributed by atoms with Crippen molar-refractivity contribution in [1.29, 1.82) is 0 Å². The fourth-order valence-corrected chi connectivity index (χ4v) is 4.65. The summed E-state index contributed by atoms with van der Waals surface area (Å²) >= 11 is 1.45. The predicted molar refractivity (Wildman–Crippen MR) is 141 cm³/mol. The molecule has 0 radical (unpaired) electrons. The van der Waals surface area contributed by atoms with E-state index in [1.165, 1.54) is 18.1 Å². The highest BCUT2D eigenvalue weighted by atomic mass is 32.2. The van der Waals surface area contributed by atoms with Crippen molar-refractivity contribution in [1.82, 2.24) is 20.6 Å². The highest BCUT2D eigenvalue weighted by Crippen LogP contribution is 2.17. The molecule has 0 aliphatic heterocycles. The second-order valence-corrected chi connectivity index (χ2v) is 9.63. The lowest BCUT2D eigenvalue weighted by molar-refractivity contribution is -0.131. The van der Waals surface area contributed by atoms with E-state index < -0.39 is 29.1 Å². The van der Waals surface area contributed by atoms with Crippen molar-refractivity contribution in [3.8, 4) is 0 Å². The molecule has 3 aromatic rings. The first-order chi connectivity index (χ1) is 17.5. The summed E-state index contributed by atoms with van der Waals surface area (Å²) < 4.78 is 0. The second kappa shape index (κ2) is 14.1. The largest absolute Gasteiger partial charge is 0.368 e. The third-order valence-corrected chi connectivity index (χ3v) is 6.79. The van der Waals surface area contributed by atoms with Crippen molar-refractivity contribution in [2.24, 2.45) is 11.5 Å². The molecule has 0 spiro atoms. The van der Waals surface area contributed by atoms with Crippen molar-refractivity contribution in [3.63, 3.8) is 0 Å². The fraction of sp³-hybridized carbons (Fsp3) is 0.308. The van der Waals surface area contributed by atoms with Gasteiger partial charge in [0, 0.05) is 31.3 Å². The molecule has 2 aromatic carbocycles. The zero-order valence-electron chi connectivity index (χ0n) is 19.9. The Morgan fingerprint density at radius 1 is 0.861 bits per heavy atom. The van der Waals surface area contributed by atoms with Crippen LogP contribution < -0.4 is 22.1 Å². The number of aromatic nitrogens is 2. The van der Waals surface area contributed by atoms with Crippen molar-refractivity contribution < 1.29 is 14.4 Å². The van der Waals surface area contributed by atoms with Gasteiger partial charge in [-0.15, -0.1) is 11.8 Å². The molecule has 36 heavy (non-hydrogen) atoms. The molecule has 0 aliphatic rings. The second-order valence-electron chi connectivity index (χ2n) is 8.32. The van der Waals surface area contributed by atoms with Gasteiger partial charge in [0.25, 0.3) is 0 Å². The molecule has 0 saturated heterocycles. The summed E-state index contributed by atoms with van der Waals surface area (Å²) in [5.74, 6) is -0.838. The summed E-state index contributed by atoms with van der Waals surface area (Å²) in [5, 5.41) is 5.18. The third kappa shape index (κ3) is 8.54. The van der Waals surface area contributed by atoms with E-state index in [4.69, 9.17) is 11.5 Å². The Balaban J connectivity index is 1.77. The fourth-order valence-electron chi connectivity index (χ4n) is 3.70. The van der Waals surface area contributed by atoms with Gasteiger partial charge in [-0.2, -0.15) is 0 Å². The Morgan fingerprint density at radius 3 is 2.03 bits per heavy atom. The summed E-state index contributed by atoms with van der Waals surface area (Å²) in [6, 6.07) is 17.2. The molecule has 3 atom stereocenters. The van der Waals surface area contributed by atoms with Gasteiger partial charge in [-0.3, -0.25) is 14.4 Å². The quantitative estimate of drug-likeness (QED) is 0.218. The SMILES string of the molecule is NCCSC(Cc1ccccc1)C(=O)NC(Cc1ccccc1)C(=O)NC(Cc1c[nH]cn1)C(N)=O. The molecule has 9 nitrogen and oxygen atoms in total. The van der Waals surface area contributed by atoms with E-state index in [1.807, 2.05) is 60.7 Å². The number of nitrogens with one attached hydrogen (secondary N) is 3. The maximum atomic E-state index is 13.4. The number of H-pyrrole nitrogens is 1. The van der Waals surface area contributed by atoms with E-state index in [0.29, 0.717) is 24.4 Å². The minimum atomic E-state index is -0.970. The molecule has 3 amide bonds. The topological polar surface area (TPSA) is 156 Å². The Hall–Kier alpha value is -3.63.